The van der Waals surface area contributed by atoms with Gasteiger partial charge in [-0.3, -0.25) is 4.79 Å². The first-order chi connectivity index (χ1) is 12.4. The molecule has 1 aromatic carbocycles. The summed E-state index contributed by atoms with van der Waals surface area (Å²) in [4.78, 5) is 28.6. The summed E-state index contributed by atoms with van der Waals surface area (Å²) in [6.07, 6.45) is 0. The zero-order valence-electron chi connectivity index (χ0n) is 16.0. The van der Waals surface area contributed by atoms with Gasteiger partial charge in [0.25, 0.3) is 0 Å². The van der Waals surface area contributed by atoms with Gasteiger partial charge < -0.3 is 24.6 Å². The molecule has 0 radical (unpaired) electrons. The molecule has 3 amide bonds. The number of benzene rings is 1. The molecule has 7 heteroatoms. The Morgan fingerprint density at radius 1 is 1.27 bits per heavy atom. The molecule has 7 nitrogen and oxygen atoms in total. The first-order valence-corrected chi connectivity index (χ1v) is 9.01. The lowest BCUT2D eigenvalue weighted by Gasteiger charge is -2.39. The standard InChI is InChI=1S/C19H29N3O4/c1-14(2)13-21-9-10-22(15(3)18(21)23)19(24)20-16-7-5-6-8-17(16)26-12-11-25-4/h5-8,14-15H,9-13H2,1-4H3,(H,20,24)/t15-/m1/s1. The Balaban J connectivity index is 2.01. The number of carbonyl (C=O) groups excluding carboxylic acids is 2. The highest BCUT2D eigenvalue weighted by molar-refractivity contribution is 5.95. The molecule has 1 aromatic rings. The van der Waals surface area contributed by atoms with E-state index in [1.807, 2.05) is 17.0 Å². The Morgan fingerprint density at radius 3 is 2.69 bits per heavy atom. The van der Waals surface area contributed by atoms with E-state index in [0.717, 1.165) is 6.54 Å². The first kappa shape index (κ1) is 20.0. The first-order valence-electron chi connectivity index (χ1n) is 9.01. The fourth-order valence-corrected chi connectivity index (χ4v) is 2.95. The number of hydrogen-bond donors (Lipinski definition) is 1. The van der Waals surface area contributed by atoms with E-state index in [9.17, 15) is 9.59 Å². The summed E-state index contributed by atoms with van der Waals surface area (Å²) in [5.74, 6) is 0.975. The fraction of sp³-hybridized carbons (Fsp3) is 0.579. The number of nitrogens with one attached hydrogen (secondary N) is 1. The molecule has 0 spiro atoms. The Labute approximate surface area is 155 Å². The van der Waals surface area contributed by atoms with Crippen LogP contribution in [-0.4, -0.2) is 67.7 Å². The molecule has 2 rings (SSSR count). The number of methoxy groups -OCH3 is 1. The minimum absolute atomic E-state index is 0.00951. The minimum Gasteiger partial charge on any atom is -0.489 e. The molecule has 0 aromatic heterocycles. The van der Waals surface area contributed by atoms with Gasteiger partial charge in [0.05, 0.1) is 12.3 Å². The van der Waals surface area contributed by atoms with Gasteiger partial charge in [-0.15, -0.1) is 0 Å². The number of carbonyl (C=O) groups is 2. The number of ether oxygens (including phenoxy) is 2. The van der Waals surface area contributed by atoms with Crippen molar-refractivity contribution in [1.29, 1.82) is 0 Å². The van der Waals surface area contributed by atoms with Crippen molar-refractivity contribution in [2.24, 2.45) is 5.92 Å². The Kier molecular flexibility index (Phi) is 7.26. The number of hydrogen-bond acceptors (Lipinski definition) is 4. The quantitative estimate of drug-likeness (QED) is 0.756. The van der Waals surface area contributed by atoms with E-state index in [1.54, 1.807) is 31.1 Å². The maximum atomic E-state index is 12.7. The number of piperazine rings is 1. The monoisotopic (exact) mass is 363 g/mol. The van der Waals surface area contributed by atoms with Gasteiger partial charge in [-0.05, 0) is 25.0 Å². The highest BCUT2D eigenvalue weighted by Gasteiger charge is 2.34. The molecule has 144 valence electrons. The largest absolute Gasteiger partial charge is 0.489 e. The molecule has 26 heavy (non-hydrogen) atoms. The van der Waals surface area contributed by atoms with Crippen molar-refractivity contribution in [3.63, 3.8) is 0 Å². The van der Waals surface area contributed by atoms with Crippen LogP contribution in [0.2, 0.25) is 0 Å². The van der Waals surface area contributed by atoms with E-state index in [2.05, 4.69) is 19.2 Å². The Bertz CT molecular complexity index is 621. The lowest BCUT2D eigenvalue weighted by Crippen LogP contribution is -2.58. The average Bonchev–Trinajstić information content (AvgIpc) is 2.60. The lowest BCUT2D eigenvalue weighted by atomic mass is 10.1. The molecule has 0 saturated carbocycles. The van der Waals surface area contributed by atoms with Crippen LogP contribution in [0.4, 0.5) is 10.5 Å². The third-order valence-electron chi connectivity index (χ3n) is 4.27. The molecule has 0 unspecified atom stereocenters. The van der Waals surface area contributed by atoms with Gasteiger partial charge in [0.1, 0.15) is 18.4 Å². The van der Waals surface area contributed by atoms with Crippen LogP contribution < -0.4 is 10.1 Å². The van der Waals surface area contributed by atoms with E-state index in [0.29, 0.717) is 43.7 Å². The van der Waals surface area contributed by atoms with Gasteiger partial charge >= 0.3 is 6.03 Å². The second kappa shape index (κ2) is 9.43. The van der Waals surface area contributed by atoms with E-state index in [4.69, 9.17) is 9.47 Å². The molecule has 1 fully saturated rings. The summed E-state index contributed by atoms with van der Waals surface area (Å²) >= 11 is 0. The molecule has 1 aliphatic rings. The number of para-hydroxylation sites is 2. The highest BCUT2D eigenvalue weighted by atomic mass is 16.5. The van der Waals surface area contributed by atoms with Gasteiger partial charge in [-0.1, -0.05) is 26.0 Å². The van der Waals surface area contributed by atoms with Crippen molar-refractivity contribution in [1.82, 2.24) is 9.80 Å². The van der Waals surface area contributed by atoms with Crippen LogP contribution in [0.5, 0.6) is 5.75 Å². The smallest absolute Gasteiger partial charge is 0.322 e. The van der Waals surface area contributed by atoms with Crippen LogP contribution in [0, 0.1) is 5.92 Å². The zero-order chi connectivity index (χ0) is 19.1. The van der Waals surface area contributed by atoms with Crippen LogP contribution in [0.25, 0.3) is 0 Å². The number of urea groups is 1. The molecular weight excluding hydrogens is 334 g/mol. The van der Waals surface area contributed by atoms with Crippen LogP contribution in [0.3, 0.4) is 0 Å². The van der Waals surface area contributed by atoms with Crippen molar-refractivity contribution in [3.8, 4) is 5.75 Å². The van der Waals surface area contributed by atoms with E-state index < -0.39 is 6.04 Å². The zero-order valence-corrected chi connectivity index (χ0v) is 16.0. The SMILES string of the molecule is COCCOc1ccccc1NC(=O)N1CCN(CC(C)C)C(=O)[C@H]1C. The molecule has 1 saturated heterocycles. The topological polar surface area (TPSA) is 71.1 Å². The van der Waals surface area contributed by atoms with Crippen molar-refractivity contribution in [2.45, 2.75) is 26.8 Å². The molecule has 1 aliphatic heterocycles. The van der Waals surface area contributed by atoms with Gasteiger partial charge in [0.2, 0.25) is 5.91 Å². The van der Waals surface area contributed by atoms with Gasteiger partial charge in [0.15, 0.2) is 0 Å². The predicted octanol–water partition coefficient (Wildman–Crippen LogP) is 2.43. The van der Waals surface area contributed by atoms with E-state index in [1.165, 1.54) is 0 Å². The second-order valence-electron chi connectivity index (χ2n) is 6.82. The number of rotatable bonds is 7. The predicted molar refractivity (Wildman–Crippen MR) is 100 cm³/mol. The number of amides is 3. The van der Waals surface area contributed by atoms with Gasteiger partial charge in [-0.25, -0.2) is 4.79 Å². The molecule has 1 heterocycles. The summed E-state index contributed by atoms with van der Waals surface area (Å²) in [5.41, 5.74) is 0.581. The van der Waals surface area contributed by atoms with Crippen LogP contribution in [-0.2, 0) is 9.53 Å². The van der Waals surface area contributed by atoms with Crippen molar-refractivity contribution >= 4 is 17.6 Å². The highest BCUT2D eigenvalue weighted by Crippen LogP contribution is 2.25. The molecular formula is C19H29N3O4. The normalized spacial score (nSPS) is 17.6. The summed E-state index contributed by atoms with van der Waals surface area (Å²) in [5, 5.41) is 2.86. The van der Waals surface area contributed by atoms with E-state index in [-0.39, 0.29) is 11.9 Å². The molecule has 1 atom stereocenters. The van der Waals surface area contributed by atoms with E-state index >= 15 is 0 Å². The second-order valence-corrected chi connectivity index (χ2v) is 6.82. The maximum absolute atomic E-state index is 12.7. The van der Waals surface area contributed by atoms with Crippen LogP contribution in [0.15, 0.2) is 24.3 Å². The van der Waals surface area contributed by atoms with Crippen molar-refractivity contribution < 1.29 is 19.1 Å². The van der Waals surface area contributed by atoms with Gasteiger partial charge in [0, 0.05) is 26.7 Å². The van der Waals surface area contributed by atoms with Gasteiger partial charge in [-0.2, -0.15) is 0 Å². The number of nitrogens with zero attached hydrogens (tertiary/aromatic N) is 2. The third-order valence-corrected chi connectivity index (χ3v) is 4.27. The maximum Gasteiger partial charge on any atom is 0.322 e. The molecule has 0 bridgehead atoms. The molecule has 1 N–H and O–H groups in total. The molecule has 0 aliphatic carbocycles. The minimum atomic E-state index is -0.482. The summed E-state index contributed by atoms with van der Waals surface area (Å²) in [7, 11) is 1.61. The summed E-state index contributed by atoms with van der Waals surface area (Å²) < 4.78 is 10.6. The lowest BCUT2D eigenvalue weighted by molar-refractivity contribution is -0.139. The van der Waals surface area contributed by atoms with Crippen molar-refractivity contribution in [2.75, 3.05) is 45.3 Å². The summed E-state index contributed by atoms with van der Waals surface area (Å²) in [6.45, 7) is 8.58. The Hall–Kier alpha value is -2.28. The third kappa shape index (κ3) is 5.11. The van der Waals surface area contributed by atoms with Crippen LogP contribution >= 0.6 is 0 Å². The summed E-state index contributed by atoms with van der Waals surface area (Å²) in [6, 6.07) is 6.46. The van der Waals surface area contributed by atoms with Crippen LogP contribution in [0.1, 0.15) is 20.8 Å². The van der Waals surface area contributed by atoms with Crippen molar-refractivity contribution in [3.05, 3.63) is 24.3 Å². The average molecular weight is 363 g/mol. The Morgan fingerprint density at radius 2 is 2.00 bits per heavy atom. The number of anilines is 1. The fourth-order valence-electron chi connectivity index (χ4n) is 2.95.